The number of rotatable bonds is 30. The van der Waals surface area contributed by atoms with Crippen LogP contribution in [-0.4, -0.2) is 259 Å². The highest BCUT2D eigenvalue weighted by Crippen LogP contribution is 2.34. The molecule has 0 spiro atoms. The number of carbonyl (C=O) groups is 13. The van der Waals surface area contributed by atoms with Crippen LogP contribution in [0.1, 0.15) is 107 Å². The van der Waals surface area contributed by atoms with Crippen LogP contribution in [0.4, 0.5) is 0 Å². The summed E-state index contributed by atoms with van der Waals surface area (Å²) in [6.45, 7) is 11.8. The summed E-state index contributed by atoms with van der Waals surface area (Å²) in [7, 11) is 1.29. The summed E-state index contributed by atoms with van der Waals surface area (Å²) in [6.07, 6.45) is -18.2. The van der Waals surface area contributed by atoms with Gasteiger partial charge in [0, 0.05) is 97.1 Å². The summed E-state index contributed by atoms with van der Waals surface area (Å²) < 4.78 is 103. The summed E-state index contributed by atoms with van der Waals surface area (Å²) in [5, 5.41) is 35.6. The first-order chi connectivity index (χ1) is 48.6. The molecule has 4 aliphatic rings. The molecule has 4 N–H and O–H groups in total. The van der Waals surface area contributed by atoms with Gasteiger partial charge in [0.15, 0.2) is 74.0 Å². The molecule has 0 bridgehead atoms. The van der Waals surface area contributed by atoms with Crippen molar-refractivity contribution in [2.24, 2.45) is 0 Å². The third kappa shape index (κ3) is 23.4. The fourth-order valence-corrected chi connectivity index (χ4v) is 11.8. The molecule has 3 aromatic rings. The number of hydrogen-bond acceptors (Lipinski definition) is 36. The van der Waals surface area contributed by atoms with E-state index in [0.29, 0.717) is 0 Å². The molecule has 103 heavy (non-hydrogen) atoms. The van der Waals surface area contributed by atoms with Crippen molar-refractivity contribution in [3.05, 3.63) is 35.7 Å². The zero-order valence-electron chi connectivity index (χ0n) is 58.5. The number of nitrogens with zero attached hydrogens (tertiary/aromatic N) is 9. The van der Waals surface area contributed by atoms with E-state index in [4.69, 9.17) is 80.5 Å². The summed E-state index contributed by atoms with van der Waals surface area (Å²) in [4.78, 5) is 163. The number of hydrogen-bond donors (Lipinski definition) is 4. The van der Waals surface area contributed by atoms with Gasteiger partial charge in [0.2, 0.25) is 23.6 Å². The molecule has 4 aliphatic heterocycles. The first kappa shape index (κ1) is 80.5. The fourth-order valence-electron chi connectivity index (χ4n) is 11.8. The molecular weight excluding hydrogens is 1380 g/mol. The highest BCUT2D eigenvalue weighted by molar-refractivity contribution is 5.76. The van der Waals surface area contributed by atoms with Gasteiger partial charge in [0.05, 0.1) is 58.0 Å². The number of esters is 9. The molecule has 0 radical (unpaired) electrons. The Balaban J connectivity index is 1.11. The van der Waals surface area contributed by atoms with E-state index in [1.54, 1.807) is 0 Å². The number of aromatic nitrogens is 9. The van der Waals surface area contributed by atoms with Crippen LogP contribution in [0.15, 0.2) is 18.6 Å². The lowest BCUT2D eigenvalue weighted by molar-refractivity contribution is -0.280. The maximum Gasteiger partial charge on any atom is 0.303 e. The Hall–Kier alpha value is -9.79. The Morgan fingerprint density at radius 3 is 0.816 bits per heavy atom. The monoisotopic (exact) mass is 1470 g/mol. The van der Waals surface area contributed by atoms with Gasteiger partial charge in [-0.2, -0.15) is 0 Å². The second-order valence-corrected chi connectivity index (χ2v) is 23.9. The van der Waals surface area contributed by atoms with Crippen LogP contribution < -0.4 is 21.3 Å². The van der Waals surface area contributed by atoms with Crippen LogP contribution in [0.3, 0.4) is 0 Å². The van der Waals surface area contributed by atoms with E-state index in [1.807, 2.05) is 0 Å². The van der Waals surface area contributed by atoms with E-state index in [9.17, 15) is 62.3 Å². The average molecular weight is 1470 g/mol. The van der Waals surface area contributed by atoms with Gasteiger partial charge in [-0.3, -0.25) is 62.3 Å². The van der Waals surface area contributed by atoms with Crippen LogP contribution in [0.5, 0.6) is 0 Å². The van der Waals surface area contributed by atoms with E-state index in [0.717, 1.165) is 83.1 Å². The molecule has 0 saturated carbocycles. The highest BCUT2D eigenvalue weighted by atomic mass is 16.7. The second-order valence-electron chi connectivity index (χ2n) is 23.9. The van der Waals surface area contributed by atoms with Gasteiger partial charge in [0.1, 0.15) is 72.3 Å². The largest absolute Gasteiger partial charge is 0.463 e. The molecule has 7 rings (SSSR count). The Bertz CT molecular complexity index is 3530. The van der Waals surface area contributed by atoms with Crippen LogP contribution in [0.25, 0.3) is 0 Å². The van der Waals surface area contributed by atoms with Crippen molar-refractivity contribution in [1.82, 2.24) is 66.2 Å². The Morgan fingerprint density at radius 2 is 0.573 bits per heavy atom. The molecule has 43 nitrogen and oxygen atoms in total. The van der Waals surface area contributed by atoms with Crippen molar-refractivity contribution >= 4 is 77.4 Å². The molecule has 3 aromatic heterocycles. The molecule has 4 amide bonds. The van der Waals surface area contributed by atoms with Gasteiger partial charge in [0.25, 0.3) is 0 Å². The predicted molar refractivity (Wildman–Crippen MR) is 328 cm³/mol. The van der Waals surface area contributed by atoms with Crippen molar-refractivity contribution in [2.75, 3.05) is 13.7 Å². The zero-order chi connectivity index (χ0) is 75.7. The Labute approximate surface area is 586 Å². The van der Waals surface area contributed by atoms with E-state index < -0.39 is 226 Å². The molecule has 568 valence electrons. The SMILES string of the molecule is CO[C@H]1O[C@H](Cn2cc(CO[C@H]3O[C@H](Cn4cc(CO[C@H]5O[C@H](Cn6cc(CO[C@H]7O[C@H](COC(C)=O)[C@@H](OC(C)=O)[C@H](OC(C)=O)[C@H]7NC(C)=O)nn6)[C@@H](OC(C)=O)[C@H](OC(C)=O)[C@H]5NC(C)=O)nn4)[C@@H](OC(C)=O)[C@H](OC(C)=O)[C@H]3NC(C)=O)nn2)[C@@H](OC(C)=O)[C@H](OC(C)=O)[C@H]1NC(C)=O. The molecule has 0 unspecified atom stereocenters. The van der Waals surface area contributed by atoms with Gasteiger partial charge in [-0.15, -0.1) is 15.3 Å². The first-order valence-corrected chi connectivity index (χ1v) is 31.9. The van der Waals surface area contributed by atoms with Gasteiger partial charge in [-0.25, -0.2) is 14.0 Å². The number of nitrogens with one attached hydrogen (secondary N) is 4. The standard InChI is InChI=1S/C60H83N13O30/c1-25(74)61-45-53(96-34(10)83)49(92-30(6)79)41(100-57(45)87-14)18-71-15-38(65-68-71)21-89-58-46(62-26(2)75)54(97-35(11)84)50(93-31(7)80)42(101-58)19-72-16-39(66-69-72)22-90-59-47(63-27(3)76)55(98-36(12)85)51(94-32(8)81)43(102-59)20-73-17-40(67-70-73)23-91-60-48(64-28(4)77)56(99-37(13)86)52(95-33(9)82)44(103-60)24-88-29(5)78/h15-17,41-60H,18-24H2,1-14H3,(H,61,74)(H,62,75)(H,63,76)(H,64,77)/t41-,42-,43-,44-,45-,46-,47-,48-,49-,50-,51-,52-,53-,54-,55-,56-,57+,58+,59+,60+/m1/s1. The quantitative estimate of drug-likeness (QED) is 0.0365. The fraction of sp³-hybridized carbons (Fsp3) is 0.683. The van der Waals surface area contributed by atoms with Gasteiger partial charge >= 0.3 is 53.7 Å². The number of amides is 4. The lowest BCUT2D eigenvalue weighted by Crippen LogP contribution is -2.66. The third-order valence-electron chi connectivity index (χ3n) is 15.2. The minimum atomic E-state index is -1.56. The van der Waals surface area contributed by atoms with Crippen molar-refractivity contribution < 1.29 is 143 Å². The normalized spacial score (nSPS) is 28.9. The average Bonchev–Trinajstić information content (AvgIpc) is 1.79. The van der Waals surface area contributed by atoms with Crippen LogP contribution in [0.2, 0.25) is 0 Å². The van der Waals surface area contributed by atoms with Gasteiger partial charge in [-0.1, -0.05) is 15.6 Å². The molecule has 7 heterocycles. The summed E-state index contributed by atoms with van der Waals surface area (Å²) >= 11 is 0. The van der Waals surface area contributed by atoms with E-state index >= 15 is 0 Å². The molecule has 0 aliphatic carbocycles. The van der Waals surface area contributed by atoms with Gasteiger partial charge in [-0.05, 0) is 0 Å². The first-order valence-electron chi connectivity index (χ1n) is 31.9. The predicted octanol–water partition coefficient (Wildman–Crippen LogP) is -4.01. The second kappa shape index (κ2) is 36.9. The molecule has 20 atom stereocenters. The maximum absolute atomic E-state index is 12.9. The molecule has 0 aromatic carbocycles. The summed E-state index contributed by atoms with van der Waals surface area (Å²) in [5.41, 5.74) is 0.296. The van der Waals surface area contributed by atoms with E-state index in [2.05, 4.69) is 52.2 Å². The summed E-state index contributed by atoms with van der Waals surface area (Å²) in [5.74, 6) is -9.86. The van der Waals surface area contributed by atoms with Crippen LogP contribution >= 0.6 is 0 Å². The smallest absolute Gasteiger partial charge is 0.303 e. The highest BCUT2D eigenvalue weighted by Gasteiger charge is 2.56. The number of methoxy groups -OCH3 is 1. The Kier molecular flexibility index (Phi) is 28.8. The lowest BCUT2D eigenvalue weighted by Gasteiger charge is -2.45. The number of carbonyl (C=O) groups excluding carboxylic acids is 13. The minimum absolute atomic E-state index is 0.0728. The topological polar surface area (TPSA) is 519 Å². The van der Waals surface area contributed by atoms with Crippen molar-refractivity contribution in [1.29, 1.82) is 0 Å². The van der Waals surface area contributed by atoms with Crippen molar-refractivity contribution in [2.45, 2.75) is 252 Å². The Morgan fingerprint density at radius 1 is 0.340 bits per heavy atom. The molecule has 4 saturated heterocycles. The zero-order valence-corrected chi connectivity index (χ0v) is 58.5. The van der Waals surface area contributed by atoms with E-state index in [-0.39, 0.29) is 36.7 Å². The molecular formula is C60H83N13O30. The molecule has 4 fully saturated rings. The maximum atomic E-state index is 12.9. The number of ether oxygens (including phenoxy) is 17. The van der Waals surface area contributed by atoms with Crippen LogP contribution in [-0.2, 0) is 182 Å². The van der Waals surface area contributed by atoms with Crippen LogP contribution in [0, 0.1) is 0 Å². The van der Waals surface area contributed by atoms with E-state index in [1.165, 1.54) is 46.7 Å². The van der Waals surface area contributed by atoms with Gasteiger partial charge < -0.3 is 102 Å². The molecule has 43 heteroatoms. The van der Waals surface area contributed by atoms with Crippen molar-refractivity contribution in [3.8, 4) is 0 Å². The third-order valence-corrected chi connectivity index (χ3v) is 15.2. The van der Waals surface area contributed by atoms with Crippen molar-refractivity contribution in [3.63, 3.8) is 0 Å². The minimum Gasteiger partial charge on any atom is -0.463 e. The summed E-state index contributed by atoms with van der Waals surface area (Å²) in [6, 6.07) is -5.22. The lowest BCUT2D eigenvalue weighted by atomic mass is 9.95.